The zero-order valence-electron chi connectivity index (χ0n) is 10.0. The number of nitrogens with two attached hydrogens (primary N) is 1. The SMILES string of the molecule is Nc1ccc(C(=O)N2CCCCC2C(=O)O)cc1. The van der Waals surface area contributed by atoms with Gasteiger partial charge >= 0.3 is 5.97 Å². The Morgan fingerprint density at radius 2 is 1.89 bits per heavy atom. The van der Waals surface area contributed by atoms with Crippen LogP contribution in [0.1, 0.15) is 29.6 Å². The molecule has 5 heteroatoms. The molecule has 1 heterocycles. The number of aliphatic carboxylic acids is 1. The second-order valence-corrected chi connectivity index (χ2v) is 4.47. The summed E-state index contributed by atoms with van der Waals surface area (Å²) in [5.41, 5.74) is 6.63. The van der Waals surface area contributed by atoms with E-state index in [0.717, 1.165) is 12.8 Å². The maximum atomic E-state index is 12.2. The van der Waals surface area contributed by atoms with Gasteiger partial charge in [-0.15, -0.1) is 0 Å². The first-order chi connectivity index (χ1) is 8.59. The molecule has 5 nitrogen and oxygen atoms in total. The Hall–Kier alpha value is -2.04. The van der Waals surface area contributed by atoms with E-state index in [1.807, 2.05) is 0 Å². The van der Waals surface area contributed by atoms with Crippen molar-refractivity contribution in [1.82, 2.24) is 4.90 Å². The van der Waals surface area contributed by atoms with Gasteiger partial charge in [-0.1, -0.05) is 0 Å². The summed E-state index contributed by atoms with van der Waals surface area (Å²) in [4.78, 5) is 24.8. The lowest BCUT2D eigenvalue weighted by molar-refractivity contribution is -0.143. The second kappa shape index (κ2) is 5.08. The third-order valence-electron chi connectivity index (χ3n) is 3.21. The van der Waals surface area contributed by atoms with E-state index in [0.29, 0.717) is 24.2 Å². The number of benzene rings is 1. The average molecular weight is 248 g/mol. The van der Waals surface area contributed by atoms with Gasteiger partial charge in [0.05, 0.1) is 0 Å². The smallest absolute Gasteiger partial charge is 0.326 e. The molecular weight excluding hydrogens is 232 g/mol. The molecule has 1 saturated heterocycles. The standard InChI is InChI=1S/C13H16N2O3/c14-10-6-4-9(5-7-10)12(16)15-8-2-1-3-11(15)13(17)18/h4-7,11H,1-3,8,14H2,(H,17,18). The largest absolute Gasteiger partial charge is 0.480 e. The van der Waals surface area contributed by atoms with E-state index in [1.54, 1.807) is 24.3 Å². The minimum absolute atomic E-state index is 0.234. The molecule has 0 aromatic heterocycles. The molecule has 96 valence electrons. The Labute approximate surface area is 105 Å². The Morgan fingerprint density at radius 3 is 2.50 bits per heavy atom. The van der Waals surface area contributed by atoms with Crippen molar-refractivity contribution < 1.29 is 14.7 Å². The van der Waals surface area contributed by atoms with Crippen LogP contribution >= 0.6 is 0 Å². The van der Waals surface area contributed by atoms with Crippen LogP contribution in [-0.4, -0.2) is 34.5 Å². The summed E-state index contributed by atoms with van der Waals surface area (Å²) in [5.74, 6) is -1.17. The number of carbonyl (C=O) groups excluding carboxylic acids is 1. The van der Waals surface area contributed by atoms with Crippen molar-refractivity contribution in [3.63, 3.8) is 0 Å². The van der Waals surface area contributed by atoms with Crippen LogP contribution in [0.15, 0.2) is 24.3 Å². The highest BCUT2D eigenvalue weighted by Crippen LogP contribution is 2.20. The highest BCUT2D eigenvalue weighted by atomic mass is 16.4. The van der Waals surface area contributed by atoms with Gasteiger partial charge in [0, 0.05) is 17.8 Å². The minimum atomic E-state index is -0.932. The molecule has 1 aliphatic rings. The zero-order valence-corrected chi connectivity index (χ0v) is 10.0. The number of carboxylic acid groups (broad SMARTS) is 1. The Kier molecular flexibility index (Phi) is 3.50. The van der Waals surface area contributed by atoms with Crippen LogP contribution in [-0.2, 0) is 4.79 Å². The number of rotatable bonds is 2. The molecule has 1 aromatic rings. The number of hydrogen-bond donors (Lipinski definition) is 2. The van der Waals surface area contributed by atoms with Crippen molar-refractivity contribution in [2.75, 3.05) is 12.3 Å². The molecule has 3 N–H and O–H groups in total. The quantitative estimate of drug-likeness (QED) is 0.774. The normalized spacial score (nSPS) is 19.6. The molecule has 18 heavy (non-hydrogen) atoms. The van der Waals surface area contributed by atoms with E-state index in [4.69, 9.17) is 10.8 Å². The summed E-state index contributed by atoms with van der Waals surface area (Å²) < 4.78 is 0. The van der Waals surface area contributed by atoms with Crippen LogP contribution in [0.4, 0.5) is 5.69 Å². The first-order valence-corrected chi connectivity index (χ1v) is 5.99. The molecule has 1 aliphatic heterocycles. The van der Waals surface area contributed by atoms with E-state index in [2.05, 4.69) is 0 Å². The number of piperidine rings is 1. The third-order valence-corrected chi connectivity index (χ3v) is 3.21. The Balaban J connectivity index is 2.20. The summed E-state index contributed by atoms with van der Waals surface area (Å²) in [7, 11) is 0. The van der Waals surface area contributed by atoms with Crippen LogP contribution in [0.25, 0.3) is 0 Å². The van der Waals surface area contributed by atoms with Gasteiger partial charge in [-0.2, -0.15) is 0 Å². The maximum Gasteiger partial charge on any atom is 0.326 e. The molecule has 1 atom stereocenters. The minimum Gasteiger partial charge on any atom is -0.480 e. The molecule has 1 aromatic carbocycles. The molecule has 1 amide bonds. The first kappa shape index (κ1) is 12.4. The predicted molar refractivity (Wildman–Crippen MR) is 67.2 cm³/mol. The van der Waals surface area contributed by atoms with Crippen LogP contribution < -0.4 is 5.73 Å². The highest BCUT2D eigenvalue weighted by Gasteiger charge is 2.32. The Morgan fingerprint density at radius 1 is 1.22 bits per heavy atom. The third kappa shape index (κ3) is 2.45. The van der Waals surface area contributed by atoms with Crippen molar-refractivity contribution in [3.8, 4) is 0 Å². The topological polar surface area (TPSA) is 83.6 Å². The van der Waals surface area contributed by atoms with Crippen molar-refractivity contribution in [2.45, 2.75) is 25.3 Å². The summed E-state index contributed by atoms with van der Waals surface area (Å²) in [6, 6.07) is 5.85. The van der Waals surface area contributed by atoms with Crippen molar-refractivity contribution in [1.29, 1.82) is 0 Å². The number of amides is 1. The lowest BCUT2D eigenvalue weighted by Crippen LogP contribution is -2.47. The molecule has 0 bridgehead atoms. The molecule has 0 saturated carbocycles. The molecule has 1 unspecified atom stereocenters. The molecule has 1 fully saturated rings. The number of anilines is 1. The van der Waals surface area contributed by atoms with Gasteiger partial charge in [0.15, 0.2) is 0 Å². The summed E-state index contributed by atoms with van der Waals surface area (Å²) >= 11 is 0. The van der Waals surface area contributed by atoms with Gasteiger partial charge in [-0.25, -0.2) is 4.79 Å². The maximum absolute atomic E-state index is 12.2. The second-order valence-electron chi connectivity index (χ2n) is 4.47. The fourth-order valence-corrected chi connectivity index (χ4v) is 2.22. The molecule has 0 radical (unpaired) electrons. The Bertz CT molecular complexity index is 456. The van der Waals surface area contributed by atoms with Gasteiger partial charge in [0.25, 0.3) is 5.91 Å². The van der Waals surface area contributed by atoms with Gasteiger partial charge < -0.3 is 15.7 Å². The molecule has 0 spiro atoms. The fraction of sp³-hybridized carbons (Fsp3) is 0.385. The number of carbonyl (C=O) groups is 2. The molecule has 2 rings (SSSR count). The lowest BCUT2D eigenvalue weighted by atomic mass is 10.0. The zero-order chi connectivity index (χ0) is 13.1. The van der Waals surface area contributed by atoms with Gasteiger partial charge in [0.2, 0.25) is 0 Å². The monoisotopic (exact) mass is 248 g/mol. The van der Waals surface area contributed by atoms with E-state index in [9.17, 15) is 9.59 Å². The number of nitrogens with zero attached hydrogens (tertiary/aromatic N) is 1. The number of hydrogen-bond acceptors (Lipinski definition) is 3. The van der Waals surface area contributed by atoms with E-state index < -0.39 is 12.0 Å². The van der Waals surface area contributed by atoms with Crippen LogP contribution in [0.5, 0.6) is 0 Å². The van der Waals surface area contributed by atoms with Crippen molar-refractivity contribution in [3.05, 3.63) is 29.8 Å². The van der Waals surface area contributed by atoms with Gasteiger partial charge in [-0.05, 0) is 43.5 Å². The lowest BCUT2D eigenvalue weighted by Gasteiger charge is -2.33. The van der Waals surface area contributed by atoms with Gasteiger partial charge in [-0.3, -0.25) is 4.79 Å². The summed E-state index contributed by atoms with van der Waals surface area (Å²) in [5, 5.41) is 9.13. The first-order valence-electron chi connectivity index (χ1n) is 5.99. The number of carboxylic acids is 1. The van der Waals surface area contributed by atoms with E-state index in [-0.39, 0.29) is 5.91 Å². The van der Waals surface area contributed by atoms with E-state index >= 15 is 0 Å². The van der Waals surface area contributed by atoms with Crippen molar-refractivity contribution in [2.24, 2.45) is 0 Å². The van der Waals surface area contributed by atoms with Gasteiger partial charge in [0.1, 0.15) is 6.04 Å². The fourth-order valence-electron chi connectivity index (χ4n) is 2.22. The molecule has 0 aliphatic carbocycles. The summed E-state index contributed by atoms with van der Waals surface area (Å²) in [6.45, 7) is 0.500. The van der Waals surface area contributed by atoms with Crippen LogP contribution in [0.2, 0.25) is 0 Å². The highest BCUT2D eigenvalue weighted by molar-refractivity contribution is 5.97. The predicted octanol–water partition coefficient (Wildman–Crippen LogP) is 1.35. The summed E-state index contributed by atoms with van der Waals surface area (Å²) in [6.07, 6.45) is 2.23. The molecular formula is C13H16N2O3. The van der Waals surface area contributed by atoms with Crippen molar-refractivity contribution >= 4 is 17.6 Å². The average Bonchev–Trinajstić information content (AvgIpc) is 2.39. The van der Waals surface area contributed by atoms with Crippen LogP contribution in [0.3, 0.4) is 0 Å². The van der Waals surface area contributed by atoms with E-state index in [1.165, 1.54) is 4.90 Å². The number of nitrogen functional groups attached to an aromatic ring is 1. The van der Waals surface area contributed by atoms with Crippen LogP contribution in [0, 0.1) is 0 Å². The number of likely N-dealkylation sites (tertiary alicyclic amines) is 1.